The minimum Gasteiger partial charge on any atom is -0.495 e. The summed E-state index contributed by atoms with van der Waals surface area (Å²) in [5, 5.41) is 9.03. The number of benzene rings is 2. The second-order valence-corrected chi connectivity index (χ2v) is 10.2. The SMILES string of the molecule is CCn1c(CSc2nncn2-c2ccccc2OC)nc2cc(S(=O)(=O)N(C)C)ccc21. The zero-order valence-electron chi connectivity index (χ0n) is 18.3. The van der Waals surface area contributed by atoms with Gasteiger partial charge in [-0.3, -0.25) is 4.57 Å². The van der Waals surface area contributed by atoms with E-state index in [-0.39, 0.29) is 4.90 Å². The number of hydrogen-bond acceptors (Lipinski definition) is 7. The zero-order chi connectivity index (χ0) is 22.9. The number of imidazole rings is 1. The highest BCUT2D eigenvalue weighted by atomic mass is 32.2. The molecule has 0 unspecified atom stereocenters. The molecule has 0 N–H and O–H groups in total. The third-order valence-electron chi connectivity index (χ3n) is 5.09. The van der Waals surface area contributed by atoms with Crippen LogP contribution < -0.4 is 4.74 Å². The summed E-state index contributed by atoms with van der Waals surface area (Å²) in [6.45, 7) is 2.75. The first-order chi connectivity index (χ1) is 15.4. The summed E-state index contributed by atoms with van der Waals surface area (Å²) in [4.78, 5) is 4.96. The quantitative estimate of drug-likeness (QED) is 0.364. The highest BCUT2D eigenvalue weighted by Crippen LogP contribution is 2.29. The number of aryl methyl sites for hydroxylation is 1. The molecular formula is C21H24N6O3S2. The van der Waals surface area contributed by atoms with Crippen LogP contribution in [0.3, 0.4) is 0 Å². The molecule has 0 amide bonds. The molecule has 0 atom stereocenters. The maximum Gasteiger partial charge on any atom is 0.242 e. The zero-order valence-corrected chi connectivity index (χ0v) is 19.9. The van der Waals surface area contributed by atoms with Gasteiger partial charge in [-0.15, -0.1) is 10.2 Å². The second kappa shape index (κ2) is 8.93. The number of ether oxygens (including phenoxy) is 1. The first-order valence-corrected chi connectivity index (χ1v) is 12.4. The number of para-hydroxylation sites is 2. The van der Waals surface area contributed by atoms with Gasteiger partial charge in [0.05, 0.1) is 34.5 Å². The van der Waals surface area contributed by atoms with Crippen molar-refractivity contribution in [2.24, 2.45) is 0 Å². The molecule has 9 nitrogen and oxygen atoms in total. The Hall–Kier alpha value is -2.89. The summed E-state index contributed by atoms with van der Waals surface area (Å²) in [7, 11) is 1.14. The average molecular weight is 473 g/mol. The Morgan fingerprint density at radius 3 is 2.66 bits per heavy atom. The predicted molar refractivity (Wildman–Crippen MR) is 124 cm³/mol. The van der Waals surface area contributed by atoms with Crippen molar-refractivity contribution in [3.8, 4) is 11.4 Å². The molecule has 0 saturated heterocycles. The topological polar surface area (TPSA) is 95.1 Å². The van der Waals surface area contributed by atoms with Crippen LogP contribution in [0.5, 0.6) is 5.75 Å². The fourth-order valence-electron chi connectivity index (χ4n) is 3.44. The first kappa shape index (κ1) is 22.3. The molecule has 32 heavy (non-hydrogen) atoms. The lowest BCUT2D eigenvalue weighted by Crippen LogP contribution is -2.22. The van der Waals surface area contributed by atoms with E-state index < -0.39 is 10.0 Å². The molecule has 168 valence electrons. The fourth-order valence-corrected chi connectivity index (χ4v) is 5.23. The van der Waals surface area contributed by atoms with Gasteiger partial charge in [-0.25, -0.2) is 17.7 Å². The van der Waals surface area contributed by atoms with Crippen molar-refractivity contribution < 1.29 is 13.2 Å². The van der Waals surface area contributed by atoms with Gasteiger partial charge >= 0.3 is 0 Å². The standard InChI is InChI=1S/C21H24N6O3S2/c1-5-26-17-11-10-15(32(28,29)25(2)3)12-16(17)23-20(26)13-31-21-24-22-14-27(21)18-8-6-7-9-19(18)30-4/h6-12,14H,5,13H2,1-4H3. The van der Waals surface area contributed by atoms with Gasteiger partial charge in [0.2, 0.25) is 10.0 Å². The van der Waals surface area contributed by atoms with Crippen molar-refractivity contribution in [3.63, 3.8) is 0 Å². The molecule has 0 fully saturated rings. The van der Waals surface area contributed by atoms with E-state index in [1.54, 1.807) is 25.6 Å². The van der Waals surface area contributed by atoms with E-state index in [9.17, 15) is 8.42 Å². The largest absolute Gasteiger partial charge is 0.495 e. The Kier molecular flexibility index (Phi) is 6.22. The molecule has 2 heterocycles. The monoisotopic (exact) mass is 472 g/mol. The van der Waals surface area contributed by atoms with Gasteiger partial charge in [0.25, 0.3) is 0 Å². The molecule has 0 aliphatic heterocycles. The van der Waals surface area contributed by atoms with Crippen LogP contribution in [0.15, 0.2) is 58.8 Å². The molecular weight excluding hydrogens is 448 g/mol. The van der Waals surface area contributed by atoms with E-state index in [2.05, 4.69) is 14.8 Å². The van der Waals surface area contributed by atoms with Gasteiger partial charge in [0.1, 0.15) is 17.9 Å². The number of thioether (sulfide) groups is 1. The summed E-state index contributed by atoms with van der Waals surface area (Å²) in [6, 6.07) is 12.7. The van der Waals surface area contributed by atoms with Gasteiger partial charge in [-0.1, -0.05) is 23.9 Å². The molecule has 0 saturated carbocycles. The van der Waals surface area contributed by atoms with E-state index in [0.717, 1.165) is 22.8 Å². The van der Waals surface area contributed by atoms with E-state index in [1.807, 2.05) is 41.8 Å². The number of nitrogens with zero attached hydrogens (tertiary/aromatic N) is 6. The highest BCUT2D eigenvalue weighted by Gasteiger charge is 2.20. The minimum atomic E-state index is -3.52. The third-order valence-corrected chi connectivity index (χ3v) is 7.84. The summed E-state index contributed by atoms with van der Waals surface area (Å²) in [6.07, 6.45) is 1.65. The normalized spacial score (nSPS) is 12.0. The Balaban J connectivity index is 1.66. The molecule has 0 aliphatic carbocycles. The number of fused-ring (bicyclic) bond motifs is 1. The number of rotatable bonds is 8. The number of hydrogen-bond donors (Lipinski definition) is 0. The van der Waals surface area contributed by atoms with Crippen molar-refractivity contribution in [2.75, 3.05) is 21.2 Å². The number of methoxy groups -OCH3 is 1. The lowest BCUT2D eigenvalue weighted by molar-refractivity contribution is 0.412. The lowest BCUT2D eigenvalue weighted by Gasteiger charge is -2.11. The van der Waals surface area contributed by atoms with Crippen LogP contribution in [0.2, 0.25) is 0 Å². The average Bonchev–Trinajstić information content (AvgIpc) is 3.40. The minimum absolute atomic E-state index is 0.228. The molecule has 4 rings (SSSR count). The Morgan fingerprint density at radius 1 is 1.16 bits per heavy atom. The van der Waals surface area contributed by atoms with Gasteiger partial charge in [0, 0.05) is 20.6 Å². The van der Waals surface area contributed by atoms with E-state index in [0.29, 0.717) is 23.0 Å². The number of sulfonamides is 1. The van der Waals surface area contributed by atoms with Crippen molar-refractivity contribution in [1.82, 2.24) is 28.6 Å². The second-order valence-electron chi connectivity index (χ2n) is 7.15. The van der Waals surface area contributed by atoms with Crippen LogP contribution in [0.1, 0.15) is 12.7 Å². The van der Waals surface area contributed by atoms with Crippen LogP contribution in [0.4, 0.5) is 0 Å². The molecule has 2 aromatic carbocycles. The van der Waals surface area contributed by atoms with Gasteiger partial charge in [-0.05, 0) is 37.3 Å². The van der Waals surface area contributed by atoms with E-state index in [4.69, 9.17) is 9.72 Å². The fraction of sp³-hybridized carbons (Fsp3) is 0.286. The first-order valence-electron chi connectivity index (χ1n) is 9.94. The molecule has 0 spiro atoms. The molecule has 0 bridgehead atoms. The smallest absolute Gasteiger partial charge is 0.242 e. The summed E-state index contributed by atoms with van der Waals surface area (Å²) < 4.78 is 35.6. The maximum atomic E-state index is 12.5. The highest BCUT2D eigenvalue weighted by molar-refractivity contribution is 7.98. The van der Waals surface area contributed by atoms with Crippen molar-refractivity contribution in [3.05, 3.63) is 54.6 Å². The predicted octanol–water partition coefficient (Wildman–Crippen LogP) is 3.19. The third kappa shape index (κ3) is 3.98. The summed E-state index contributed by atoms with van der Waals surface area (Å²) in [5.74, 6) is 2.11. The van der Waals surface area contributed by atoms with Gasteiger partial charge in [-0.2, -0.15) is 0 Å². The van der Waals surface area contributed by atoms with Crippen LogP contribution in [0.25, 0.3) is 16.7 Å². The van der Waals surface area contributed by atoms with Crippen LogP contribution in [-0.4, -0.2) is 58.2 Å². The van der Waals surface area contributed by atoms with Gasteiger partial charge in [0.15, 0.2) is 5.16 Å². The van der Waals surface area contributed by atoms with Crippen LogP contribution in [0, 0.1) is 0 Å². The Morgan fingerprint density at radius 2 is 1.94 bits per heavy atom. The van der Waals surface area contributed by atoms with Crippen molar-refractivity contribution in [1.29, 1.82) is 0 Å². The van der Waals surface area contributed by atoms with Gasteiger partial charge < -0.3 is 9.30 Å². The van der Waals surface area contributed by atoms with E-state index >= 15 is 0 Å². The summed E-state index contributed by atoms with van der Waals surface area (Å²) >= 11 is 1.50. The van der Waals surface area contributed by atoms with Crippen LogP contribution in [-0.2, 0) is 22.3 Å². The van der Waals surface area contributed by atoms with E-state index in [1.165, 1.54) is 30.2 Å². The molecule has 0 aliphatic rings. The van der Waals surface area contributed by atoms with Crippen LogP contribution >= 0.6 is 11.8 Å². The summed E-state index contributed by atoms with van der Waals surface area (Å²) in [5.41, 5.74) is 2.40. The molecule has 4 aromatic rings. The van der Waals surface area contributed by atoms with Crippen molar-refractivity contribution in [2.45, 2.75) is 29.3 Å². The lowest BCUT2D eigenvalue weighted by atomic mass is 10.3. The Bertz CT molecular complexity index is 1360. The molecule has 0 radical (unpaired) electrons. The van der Waals surface area contributed by atoms with Crippen molar-refractivity contribution >= 4 is 32.8 Å². The molecule has 11 heteroatoms. The number of aromatic nitrogens is 5. The molecule has 2 aromatic heterocycles. The Labute approximate surface area is 191 Å². The maximum absolute atomic E-state index is 12.5.